The van der Waals surface area contributed by atoms with Crippen LogP contribution in [0.1, 0.15) is 67.6 Å². The molecule has 71 heavy (non-hydrogen) atoms. The number of nitrogens with two attached hydrogens (primary N) is 4. The van der Waals surface area contributed by atoms with Crippen LogP contribution in [0.4, 0.5) is 0 Å². The van der Waals surface area contributed by atoms with Gasteiger partial charge in [-0.05, 0) is 99.1 Å². The van der Waals surface area contributed by atoms with Crippen LogP contribution in [0.2, 0.25) is 0 Å². The number of nitrogens with zero attached hydrogens (tertiary/aromatic N) is 5. The first-order valence-electron chi connectivity index (χ1n) is 21.6. The number of Topliss-reactive ketones (excluding diaryl/α,β-unsaturated/α-hetero) is 2. The predicted octanol–water partition coefficient (Wildman–Crippen LogP) is 8.32. The summed E-state index contributed by atoms with van der Waals surface area (Å²) < 4.78 is 17.3. The SMILES string of the molecule is CCCI.CCCOc1cccc(C2(c3cccs3)N=C(N)N(C)C2=O)c1.CN=C(N)N.COc1cccc(C(=O)C(=O)c2cccs2)c1.COc1cccc(C2(c3cccs3)N=C(N)N(C)C2=O)c1.Cl. The maximum absolute atomic E-state index is 13.0. The molecule has 0 fully saturated rings. The number of alkyl halides is 1. The third kappa shape index (κ3) is 14.4. The van der Waals surface area contributed by atoms with E-state index in [1.165, 1.54) is 68.8 Å². The number of guanidine groups is 3. The molecule has 0 spiro atoms. The number of thiophene rings is 3. The molecule has 16 nitrogen and oxygen atoms in total. The van der Waals surface area contributed by atoms with Crippen molar-refractivity contribution in [2.24, 2.45) is 37.9 Å². The summed E-state index contributed by atoms with van der Waals surface area (Å²) >= 11 is 6.59. The molecular formula is C50H59ClIN9O7S3. The molecule has 2 atom stereocenters. The Hall–Kier alpha value is -6.33. The Balaban J connectivity index is 0.000000259. The first kappa shape index (κ1) is 59.0. The van der Waals surface area contributed by atoms with Crippen molar-refractivity contribution < 1.29 is 33.4 Å². The van der Waals surface area contributed by atoms with Gasteiger partial charge >= 0.3 is 0 Å². The standard InChI is InChI=1S/C17H19N3O2S.C15H15N3O2S.C13H10O3S.C3H7I.C2H7N3.ClH/c1-3-9-22-13-7-4-6-12(11-13)17(14-8-5-10-23-14)15(21)20(2)16(18)19-17;1-18-13(19)15(17-14(18)16,12-7-4-8-21-12)10-5-3-6-11(9-10)20-2;1-16-10-5-2-4-9(8-10)12(14)13(15)11-6-3-7-17-11;1-2-3-4;1-5-2(3)4;/h4-8,10-11H,3,9H2,1-2H3,(H2,18,19);3-9H,1-2H3,(H2,16,17);2-8H,1H3;2-3H2,1H3;1H3,(H4,3,4,5);1H. The number of hydrogen-bond donors (Lipinski definition) is 4. The van der Waals surface area contributed by atoms with E-state index in [0.29, 0.717) is 28.5 Å². The monoisotopic (exact) mass is 1160 g/mol. The molecule has 0 saturated carbocycles. The lowest BCUT2D eigenvalue weighted by atomic mass is 9.88. The van der Waals surface area contributed by atoms with Crippen LogP contribution in [0.25, 0.3) is 0 Å². The van der Waals surface area contributed by atoms with Gasteiger partial charge in [0.2, 0.25) is 22.6 Å². The third-order valence-electron chi connectivity index (χ3n) is 10.2. The summed E-state index contributed by atoms with van der Waals surface area (Å²) in [4.78, 5) is 66.9. The molecule has 0 aliphatic carbocycles. The lowest BCUT2D eigenvalue weighted by Crippen LogP contribution is -2.40. The molecule has 21 heteroatoms. The fraction of sp³-hybridized carbons (Fsp3) is 0.260. The minimum absolute atomic E-state index is 0. The van der Waals surface area contributed by atoms with Crippen molar-refractivity contribution >= 4 is 110 Å². The first-order chi connectivity index (χ1) is 33.6. The number of carbonyl (C=O) groups excluding carboxylic acids is 4. The van der Waals surface area contributed by atoms with Crippen molar-refractivity contribution in [1.82, 2.24) is 9.80 Å². The van der Waals surface area contributed by atoms with Gasteiger partial charge in [0.15, 0.2) is 17.9 Å². The summed E-state index contributed by atoms with van der Waals surface area (Å²) in [7, 11) is 7.93. The second kappa shape index (κ2) is 28.5. The highest BCUT2D eigenvalue weighted by atomic mass is 127. The maximum atomic E-state index is 13.0. The lowest BCUT2D eigenvalue weighted by Gasteiger charge is -2.24. The van der Waals surface area contributed by atoms with E-state index in [0.717, 1.165) is 33.1 Å². The normalized spacial score (nSPS) is 16.3. The number of aliphatic imine (C=N–C) groups is 3. The van der Waals surface area contributed by atoms with E-state index in [1.54, 1.807) is 63.0 Å². The van der Waals surface area contributed by atoms with Crippen LogP contribution in [-0.4, -0.2) is 97.5 Å². The Morgan fingerprint density at radius 2 is 1.10 bits per heavy atom. The Bertz CT molecular complexity index is 2750. The van der Waals surface area contributed by atoms with Crippen molar-refractivity contribution in [3.8, 4) is 17.2 Å². The van der Waals surface area contributed by atoms with Crippen LogP contribution in [0.5, 0.6) is 17.2 Å². The first-order valence-corrected chi connectivity index (χ1v) is 25.8. The van der Waals surface area contributed by atoms with Gasteiger partial charge in [-0.2, -0.15) is 0 Å². The Morgan fingerprint density at radius 3 is 1.48 bits per heavy atom. The van der Waals surface area contributed by atoms with Crippen molar-refractivity contribution in [1.29, 1.82) is 0 Å². The number of halogens is 2. The quantitative estimate of drug-likeness (QED) is 0.0214. The summed E-state index contributed by atoms with van der Waals surface area (Å²) in [6, 6.07) is 32.5. The molecule has 5 heterocycles. The zero-order chi connectivity index (χ0) is 51.4. The number of benzene rings is 3. The zero-order valence-electron chi connectivity index (χ0n) is 40.4. The van der Waals surface area contributed by atoms with Crippen LogP contribution in [0, 0.1) is 0 Å². The maximum Gasteiger partial charge on any atom is 0.267 e. The van der Waals surface area contributed by atoms with Crippen molar-refractivity contribution in [2.45, 2.75) is 37.8 Å². The van der Waals surface area contributed by atoms with Crippen molar-refractivity contribution in [3.63, 3.8) is 0 Å². The molecule has 0 saturated heterocycles. The molecule has 3 aromatic carbocycles. The molecule has 378 valence electrons. The lowest BCUT2D eigenvalue weighted by molar-refractivity contribution is -0.129. The van der Waals surface area contributed by atoms with Crippen LogP contribution < -0.4 is 37.1 Å². The average molecular weight is 1160 g/mol. The summed E-state index contributed by atoms with van der Waals surface area (Å²) in [5.41, 5.74) is 21.1. The molecular weight excluding hydrogens is 1100 g/mol. The van der Waals surface area contributed by atoms with Gasteiger partial charge in [-0.25, -0.2) is 9.98 Å². The second-order valence-electron chi connectivity index (χ2n) is 14.9. The van der Waals surface area contributed by atoms with Crippen LogP contribution in [-0.2, 0) is 20.7 Å². The van der Waals surface area contributed by atoms with Crippen molar-refractivity contribution in [2.75, 3.05) is 46.4 Å². The van der Waals surface area contributed by atoms with Gasteiger partial charge in [0.25, 0.3) is 11.8 Å². The van der Waals surface area contributed by atoms with Gasteiger partial charge in [-0.1, -0.05) is 91.0 Å². The van der Waals surface area contributed by atoms with E-state index < -0.39 is 22.6 Å². The Labute approximate surface area is 446 Å². The van der Waals surface area contributed by atoms with Gasteiger partial charge < -0.3 is 37.1 Å². The molecule has 6 aromatic rings. The van der Waals surface area contributed by atoms with Crippen LogP contribution in [0.15, 0.2) is 140 Å². The van der Waals surface area contributed by atoms with Gasteiger partial charge in [0.1, 0.15) is 17.2 Å². The van der Waals surface area contributed by atoms with Crippen molar-refractivity contribution in [3.05, 3.63) is 157 Å². The molecule has 3 aromatic heterocycles. The van der Waals surface area contributed by atoms with E-state index in [2.05, 4.69) is 51.4 Å². The topological polar surface area (TPSA) is 244 Å². The number of ether oxygens (including phenoxy) is 3. The van der Waals surface area contributed by atoms with E-state index >= 15 is 0 Å². The molecule has 2 amide bonds. The van der Waals surface area contributed by atoms with E-state index in [-0.39, 0.29) is 42.1 Å². The number of carbonyl (C=O) groups is 4. The molecule has 0 bridgehead atoms. The molecule has 2 aliphatic heterocycles. The van der Waals surface area contributed by atoms with Gasteiger partial charge in [-0.3, -0.25) is 34.0 Å². The number of amides is 2. The summed E-state index contributed by atoms with van der Waals surface area (Å²) in [6.45, 7) is 4.86. The fourth-order valence-electron chi connectivity index (χ4n) is 6.53. The third-order valence-corrected chi connectivity index (χ3v) is 14.1. The molecule has 8 rings (SSSR count). The molecule has 2 aliphatic rings. The van der Waals surface area contributed by atoms with Gasteiger partial charge in [0.05, 0.1) is 25.7 Å². The highest BCUT2D eigenvalue weighted by Crippen LogP contribution is 2.43. The second-order valence-corrected chi connectivity index (χ2v) is 18.8. The summed E-state index contributed by atoms with van der Waals surface area (Å²) in [5, 5.41) is 5.63. The fourth-order valence-corrected chi connectivity index (χ4v) is 8.95. The van der Waals surface area contributed by atoms with Gasteiger partial charge in [-0.15, -0.1) is 46.4 Å². The highest BCUT2D eigenvalue weighted by molar-refractivity contribution is 14.1. The minimum atomic E-state index is -1.11. The predicted molar refractivity (Wildman–Crippen MR) is 298 cm³/mol. The zero-order valence-corrected chi connectivity index (χ0v) is 45.8. The largest absolute Gasteiger partial charge is 0.497 e. The number of rotatable bonds is 13. The Morgan fingerprint density at radius 1 is 0.662 bits per heavy atom. The highest BCUT2D eigenvalue weighted by Gasteiger charge is 2.51. The molecule has 2 unspecified atom stereocenters. The van der Waals surface area contributed by atoms with E-state index in [4.69, 9.17) is 37.1 Å². The van der Waals surface area contributed by atoms with Gasteiger partial charge in [0, 0.05) is 36.5 Å². The minimum Gasteiger partial charge on any atom is -0.497 e. The number of ketones is 2. The molecule has 0 radical (unpaired) electrons. The average Bonchev–Trinajstić information content (AvgIpc) is 4.28. The number of likely N-dealkylation sites (N-methyl/N-ethyl adjacent to an activating group) is 2. The number of hydrogen-bond acceptors (Lipinski definition) is 15. The van der Waals surface area contributed by atoms with E-state index in [9.17, 15) is 19.2 Å². The van der Waals surface area contributed by atoms with Crippen LogP contribution >= 0.6 is 69.0 Å². The number of methoxy groups -OCH3 is 2. The molecule has 8 N–H and O–H groups in total. The smallest absolute Gasteiger partial charge is 0.267 e. The summed E-state index contributed by atoms with van der Waals surface area (Å²) in [5.74, 6) is 1.26. The Kier molecular flexibility index (Phi) is 23.7. The summed E-state index contributed by atoms with van der Waals surface area (Å²) in [6.07, 6.45) is 2.23. The van der Waals surface area contributed by atoms with E-state index in [1.807, 2.05) is 83.6 Å². The van der Waals surface area contributed by atoms with Crippen LogP contribution in [0.3, 0.4) is 0 Å².